The first-order valence-electron chi connectivity index (χ1n) is 13.2. The summed E-state index contributed by atoms with van der Waals surface area (Å²) in [5, 5.41) is 9.16. The van der Waals surface area contributed by atoms with Crippen LogP contribution in [0.15, 0.2) is 66.7 Å². The molecule has 0 saturated carbocycles. The first kappa shape index (κ1) is 23.5. The molecule has 2 aliphatic heterocycles. The van der Waals surface area contributed by atoms with Crippen molar-refractivity contribution in [3.8, 4) is 17.2 Å². The number of hydrogen-bond donors (Lipinski definition) is 0. The van der Waals surface area contributed by atoms with Gasteiger partial charge < -0.3 is 9.64 Å². The Labute approximate surface area is 217 Å². The fraction of sp³-hybridized carbons (Fsp3) is 0.344. The third-order valence-electron chi connectivity index (χ3n) is 8.51. The second-order valence-electron chi connectivity index (χ2n) is 10.6. The Morgan fingerprint density at radius 1 is 0.946 bits per heavy atom. The van der Waals surface area contributed by atoms with Crippen molar-refractivity contribution in [3.63, 3.8) is 0 Å². The molecule has 37 heavy (non-hydrogen) atoms. The van der Waals surface area contributed by atoms with Crippen molar-refractivity contribution >= 4 is 11.9 Å². The summed E-state index contributed by atoms with van der Waals surface area (Å²) in [6.07, 6.45) is 3.95. The maximum absolute atomic E-state index is 13.5. The van der Waals surface area contributed by atoms with Crippen LogP contribution in [0.25, 0.3) is 11.1 Å². The number of nitriles is 1. The zero-order valence-electron chi connectivity index (χ0n) is 21.0. The van der Waals surface area contributed by atoms with Gasteiger partial charge >= 0.3 is 6.09 Å². The fourth-order valence-electron chi connectivity index (χ4n) is 6.79. The Bertz CT molecular complexity index is 1360. The van der Waals surface area contributed by atoms with Crippen molar-refractivity contribution in [2.75, 3.05) is 6.61 Å². The van der Waals surface area contributed by atoms with Gasteiger partial charge in [-0.3, -0.25) is 4.79 Å². The quantitative estimate of drug-likeness (QED) is 0.385. The molecule has 0 aromatic heterocycles. The highest BCUT2D eigenvalue weighted by Gasteiger charge is 2.44. The lowest BCUT2D eigenvalue weighted by molar-refractivity contribution is 0.00649. The van der Waals surface area contributed by atoms with Crippen LogP contribution in [0.2, 0.25) is 0 Å². The van der Waals surface area contributed by atoms with Gasteiger partial charge in [-0.2, -0.15) is 5.26 Å². The van der Waals surface area contributed by atoms with Crippen LogP contribution in [0.5, 0.6) is 0 Å². The minimum Gasteiger partial charge on any atom is -0.448 e. The normalized spacial score (nSPS) is 22.1. The topological polar surface area (TPSA) is 70.4 Å². The standard InChI is InChI=1S/C32H30N2O3/c1-20-15-21(18-33)13-14-25(20)31(35)22-16-23-7-6-8-24(17-22)34(23)32(36)37-19-30-28-11-4-2-9-26(28)27-10-3-5-12-29(27)30/h2-5,9-15,22-24,30H,6-8,16-17,19H2,1H3. The van der Waals surface area contributed by atoms with Gasteiger partial charge in [0.1, 0.15) is 6.61 Å². The molecule has 3 aromatic rings. The van der Waals surface area contributed by atoms with Crippen LogP contribution in [0, 0.1) is 24.2 Å². The minimum atomic E-state index is -0.253. The number of carbonyl (C=O) groups is 2. The number of piperidine rings is 2. The molecule has 186 valence electrons. The predicted octanol–water partition coefficient (Wildman–Crippen LogP) is 6.63. The van der Waals surface area contributed by atoms with Crippen LogP contribution >= 0.6 is 0 Å². The van der Waals surface area contributed by atoms with Gasteiger partial charge in [0.15, 0.2) is 5.78 Å². The van der Waals surface area contributed by atoms with E-state index in [1.54, 1.807) is 18.2 Å². The van der Waals surface area contributed by atoms with E-state index in [2.05, 4.69) is 42.5 Å². The first-order chi connectivity index (χ1) is 18.0. The lowest BCUT2D eigenvalue weighted by Gasteiger charge is -2.47. The molecule has 2 unspecified atom stereocenters. The monoisotopic (exact) mass is 490 g/mol. The molecule has 2 saturated heterocycles. The Morgan fingerprint density at radius 2 is 1.57 bits per heavy atom. The number of Topliss-reactive ketones (excluding diaryl/α,β-unsaturated/α-hetero) is 1. The highest BCUT2D eigenvalue weighted by Crippen LogP contribution is 2.45. The lowest BCUT2D eigenvalue weighted by atomic mass is 9.75. The Hall–Kier alpha value is -3.91. The second-order valence-corrected chi connectivity index (χ2v) is 10.6. The lowest BCUT2D eigenvalue weighted by Crippen LogP contribution is -2.56. The molecule has 3 aromatic carbocycles. The molecule has 2 atom stereocenters. The SMILES string of the molecule is Cc1cc(C#N)ccc1C(=O)C1CC2CCCC(C1)N2C(=O)OCC1c2ccccc2-c2ccccc21. The summed E-state index contributed by atoms with van der Waals surface area (Å²) in [4.78, 5) is 28.8. The van der Waals surface area contributed by atoms with E-state index >= 15 is 0 Å². The van der Waals surface area contributed by atoms with Crippen molar-refractivity contribution < 1.29 is 14.3 Å². The molecule has 1 amide bonds. The molecule has 2 bridgehead atoms. The van der Waals surface area contributed by atoms with E-state index in [4.69, 9.17) is 10.00 Å². The van der Waals surface area contributed by atoms with E-state index in [-0.39, 0.29) is 35.8 Å². The van der Waals surface area contributed by atoms with Gasteiger partial charge in [0.05, 0.1) is 11.6 Å². The van der Waals surface area contributed by atoms with E-state index in [9.17, 15) is 9.59 Å². The van der Waals surface area contributed by atoms with Crippen LogP contribution in [-0.2, 0) is 4.74 Å². The first-order valence-corrected chi connectivity index (χ1v) is 13.2. The van der Waals surface area contributed by atoms with E-state index in [0.717, 1.165) is 24.8 Å². The number of carbonyl (C=O) groups excluding carboxylic acids is 2. The predicted molar refractivity (Wildman–Crippen MR) is 141 cm³/mol. The smallest absolute Gasteiger partial charge is 0.410 e. The van der Waals surface area contributed by atoms with Gasteiger partial charge in [-0.05, 0) is 85.0 Å². The van der Waals surface area contributed by atoms with Crippen LogP contribution in [0.1, 0.15) is 70.6 Å². The summed E-state index contributed by atoms with van der Waals surface area (Å²) < 4.78 is 6.01. The summed E-state index contributed by atoms with van der Waals surface area (Å²) in [6, 6.07) is 24.2. The van der Waals surface area contributed by atoms with Gasteiger partial charge in [0, 0.05) is 29.5 Å². The second kappa shape index (κ2) is 9.52. The number of hydrogen-bond acceptors (Lipinski definition) is 4. The fourth-order valence-corrected chi connectivity index (χ4v) is 6.79. The molecule has 5 nitrogen and oxygen atoms in total. The largest absolute Gasteiger partial charge is 0.448 e. The number of aryl methyl sites for hydroxylation is 1. The van der Waals surface area contributed by atoms with E-state index in [0.29, 0.717) is 30.6 Å². The maximum Gasteiger partial charge on any atom is 0.410 e. The molecule has 0 spiro atoms. The number of ketones is 1. The van der Waals surface area contributed by atoms with Crippen LogP contribution in [0.4, 0.5) is 4.79 Å². The van der Waals surface area contributed by atoms with E-state index < -0.39 is 0 Å². The van der Waals surface area contributed by atoms with Crippen molar-refractivity contribution in [2.24, 2.45) is 5.92 Å². The van der Waals surface area contributed by atoms with Crippen molar-refractivity contribution in [1.29, 1.82) is 5.26 Å². The van der Waals surface area contributed by atoms with Gasteiger partial charge in [-0.15, -0.1) is 0 Å². The molecule has 1 aliphatic carbocycles. The van der Waals surface area contributed by atoms with Crippen molar-refractivity contribution in [1.82, 2.24) is 4.90 Å². The van der Waals surface area contributed by atoms with Crippen molar-refractivity contribution in [3.05, 3.63) is 94.5 Å². The molecule has 6 rings (SSSR count). The Balaban J connectivity index is 1.16. The zero-order valence-corrected chi connectivity index (χ0v) is 21.0. The van der Waals surface area contributed by atoms with Crippen molar-refractivity contribution in [2.45, 2.75) is 57.0 Å². The van der Waals surface area contributed by atoms with Crippen LogP contribution in [0.3, 0.4) is 0 Å². The average molecular weight is 491 g/mol. The highest BCUT2D eigenvalue weighted by molar-refractivity contribution is 5.99. The van der Waals surface area contributed by atoms with Gasteiger partial charge in [-0.25, -0.2) is 4.79 Å². The van der Waals surface area contributed by atoms with Crippen LogP contribution < -0.4 is 0 Å². The average Bonchev–Trinajstić information content (AvgIpc) is 3.24. The number of benzene rings is 3. The van der Waals surface area contributed by atoms with Gasteiger partial charge in [-0.1, -0.05) is 48.5 Å². The third-order valence-corrected chi connectivity index (χ3v) is 8.51. The van der Waals surface area contributed by atoms with Gasteiger partial charge in [0.2, 0.25) is 0 Å². The Kier molecular flexibility index (Phi) is 6.04. The molecule has 3 aliphatic rings. The number of rotatable bonds is 4. The number of amides is 1. The molecular formula is C32H30N2O3. The number of fused-ring (bicyclic) bond motifs is 5. The number of ether oxygens (including phenoxy) is 1. The Morgan fingerprint density at radius 3 is 2.16 bits per heavy atom. The third kappa shape index (κ3) is 4.11. The summed E-state index contributed by atoms with van der Waals surface area (Å²) in [5.74, 6) is 0.0558. The van der Waals surface area contributed by atoms with E-state index in [1.165, 1.54) is 22.3 Å². The minimum absolute atomic E-state index is 0.0239. The van der Waals surface area contributed by atoms with Crippen LogP contribution in [-0.4, -0.2) is 35.5 Å². The zero-order chi connectivity index (χ0) is 25.5. The molecule has 2 fully saturated rings. The summed E-state index contributed by atoms with van der Waals surface area (Å²) in [6.45, 7) is 2.20. The molecule has 5 heteroatoms. The maximum atomic E-state index is 13.5. The molecule has 2 heterocycles. The van der Waals surface area contributed by atoms with E-state index in [1.807, 2.05) is 24.0 Å². The summed E-state index contributed by atoms with van der Waals surface area (Å²) in [5.41, 5.74) is 6.94. The summed E-state index contributed by atoms with van der Waals surface area (Å²) >= 11 is 0. The molecular weight excluding hydrogens is 460 g/mol. The van der Waals surface area contributed by atoms with Gasteiger partial charge in [0.25, 0.3) is 0 Å². The number of nitrogens with zero attached hydrogens (tertiary/aromatic N) is 2. The molecule has 0 N–H and O–H groups in total. The summed E-state index contributed by atoms with van der Waals surface area (Å²) in [7, 11) is 0. The highest BCUT2D eigenvalue weighted by atomic mass is 16.6. The molecule has 0 radical (unpaired) electrons.